The smallest absolute Gasteiger partial charge is 0.305 e. The largest absolute Gasteiger partial charge is 0.481 e. The summed E-state index contributed by atoms with van der Waals surface area (Å²) in [6.45, 7) is 7.10. The van der Waals surface area contributed by atoms with Gasteiger partial charge in [0.15, 0.2) is 0 Å². The zero-order valence-corrected chi connectivity index (χ0v) is 13.8. The average molecular weight is 305 g/mol. The molecule has 0 saturated carbocycles. The summed E-state index contributed by atoms with van der Waals surface area (Å²) in [5.74, 6) is -0.147. The van der Waals surface area contributed by atoms with Crippen molar-refractivity contribution >= 4 is 11.9 Å². The van der Waals surface area contributed by atoms with Crippen molar-refractivity contribution in [2.75, 3.05) is 13.1 Å². The third-order valence-electron chi connectivity index (χ3n) is 3.69. The van der Waals surface area contributed by atoms with E-state index < -0.39 is 5.97 Å². The molecule has 4 heteroatoms. The Bertz CT molecular complexity index is 470. The molecule has 1 N–H and O–H groups in total. The molecule has 1 unspecified atom stereocenters. The summed E-state index contributed by atoms with van der Waals surface area (Å²) in [5, 5.41) is 8.81. The third-order valence-corrected chi connectivity index (χ3v) is 3.69. The SMILES string of the molecule is CC(C)CN(CCC(=O)O)C(=O)CCC(C)c1ccccc1. The van der Waals surface area contributed by atoms with Crippen LogP contribution in [-0.4, -0.2) is 35.0 Å². The lowest BCUT2D eigenvalue weighted by Gasteiger charge is -2.24. The Hall–Kier alpha value is -1.84. The lowest BCUT2D eigenvalue weighted by atomic mass is 9.96. The van der Waals surface area contributed by atoms with Crippen LogP contribution in [0.1, 0.15) is 51.5 Å². The Kier molecular flexibility index (Phi) is 7.64. The first-order chi connectivity index (χ1) is 10.4. The maximum atomic E-state index is 12.4. The molecule has 0 aliphatic carbocycles. The number of carboxylic acids is 1. The first kappa shape index (κ1) is 18.2. The van der Waals surface area contributed by atoms with Crippen LogP contribution in [-0.2, 0) is 9.59 Å². The minimum atomic E-state index is -0.862. The Morgan fingerprint density at radius 1 is 1.09 bits per heavy atom. The van der Waals surface area contributed by atoms with Crippen LogP contribution in [0.5, 0.6) is 0 Å². The number of rotatable bonds is 9. The van der Waals surface area contributed by atoms with Gasteiger partial charge in [-0.15, -0.1) is 0 Å². The van der Waals surface area contributed by atoms with Crippen molar-refractivity contribution in [1.29, 1.82) is 0 Å². The second kappa shape index (κ2) is 9.23. The highest BCUT2D eigenvalue weighted by molar-refractivity contribution is 5.77. The van der Waals surface area contributed by atoms with E-state index in [1.54, 1.807) is 4.90 Å². The number of aliphatic carboxylic acids is 1. The normalized spacial score (nSPS) is 12.2. The van der Waals surface area contributed by atoms with Gasteiger partial charge in [0.05, 0.1) is 6.42 Å². The molecule has 0 aliphatic rings. The van der Waals surface area contributed by atoms with Crippen molar-refractivity contribution in [2.24, 2.45) is 5.92 Å². The van der Waals surface area contributed by atoms with Gasteiger partial charge in [0.2, 0.25) is 5.91 Å². The second-order valence-electron chi connectivity index (χ2n) is 6.23. The molecule has 1 rings (SSSR count). The summed E-state index contributed by atoms with van der Waals surface area (Å²) in [4.78, 5) is 24.8. The fraction of sp³-hybridized carbons (Fsp3) is 0.556. The minimum absolute atomic E-state index is 0.00665. The molecule has 1 aromatic rings. The van der Waals surface area contributed by atoms with Crippen LogP contribution in [0.3, 0.4) is 0 Å². The molecular weight excluding hydrogens is 278 g/mol. The van der Waals surface area contributed by atoms with E-state index in [0.29, 0.717) is 31.3 Å². The Morgan fingerprint density at radius 3 is 2.27 bits per heavy atom. The van der Waals surface area contributed by atoms with Crippen molar-refractivity contribution in [3.63, 3.8) is 0 Å². The summed E-state index contributed by atoms with van der Waals surface area (Å²) in [7, 11) is 0. The van der Waals surface area contributed by atoms with Gasteiger partial charge in [-0.05, 0) is 23.8 Å². The zero-order chi connectivity index (χ0) is 16.5. The lowest BCUT2D eigenvalue weighted by Crippen LogP contribution is -2.36. The molecule has 0 fully saturated rings. The Balaban J connectivity index is 2.53. The summed E-state index contributed by atoms with van der Waals surface area (Å²) in [6, 6.07) is 10.1. The van der Waals surface area contributed by atoms with Gasteiger partial charge in [-0.2, -0.15) is 0 Å². The molecule has 22 heavy (non-hydrogen) atoms. The van der Waals surface area contributed by atoms with Gasteiger partial charge in [0.25, 0.3) is 0 Å². The van der Waals surface area contributed by atoms with Crippen molar-refractivity contribution in [2.45, 2.75) is 46.0 Å². The summed E-state index contributed by atoms with van der Waals surface area (Å²) in [5.41, 5.74) is 1.23. The molecule has 1 aromatic carbocycles. The molecule has 0 aromatic heterocycles. The van der Waals surface area contributed by atoms with Gasteiger partial charge in [0.1, 0.15) is 0 Å². The molecule has 0 spiro atoms. The van der Waals surface area contributed by atoms with E-state index in [0.717, 1.165) is 6.42 Å². The molecule has 0 saturated heterocycles. The van der Waals surface area contributed by atoms with Crippen molar-refractivity contribution < 1.29 is 14.7 Å². The van der Waals surface area contributed by atoms with E-state index in [2.05, 4.69) is 19.1 Å². The van der Waals surface area contributed by atoms with Crippen molar-refractivity contribution in [1.82, 2.24) is 4.90 Å². The van der Waals surface area contributed by atoms with Gasteiger partial charge in [-0.1, -0.05) is 51.1 Å². The summed E-state index contributed by atoms with van der Waals surface area (Å²) < 4.78 is 0. The topological polar surface area (TPSA) is 57.6 Å². The van der Waals surface area contributed by atoms with Crippen molar-refractivity contribution in [3.8, 4) is 0 Å². The first-order valence-corrected chi connectivity index (χ1v) is 7.94. The van der Waals surface area contributed by atoms with E-state index >= 15 is 0 Å². The predicted octanol–water partition coefficient (Wildman–Crippen LogP) is 3.53. The number of carbonyl (C=O) groups is 2. The number of benzene rings is 1. The molecule has 4 nitrogen and oxygen atoms in total. The third kappa shape index (κ3) is 6.74. The Labute approximate surface area is 133 Å². The number of hydrogen-bond acceptors (Lipinski definition) is 2. The number of amides is 1. The number of hydrogen-bond donors (Lipinski definition) is 1. The predicted molar refractivity (Wildman–Crippen MR) is 87.8 cm³/mol. The van der Waals surface area contributed by atoms with E-state index in [9.17, 15) is 9.59 Å². The standard InChI is InChI=1S/C18H27NO3/c1-14(2)13-19(12-11-18(21)22)17(20)10-9-15(3)16-7-5-4-6-8-16/h4-8,14-15H,9-13H2,1-3H3,(H,21,22). The Morgan fingerprint density at radius 2 is 1.73 bits per heavy atom. The van der Waals surface area contributed by atoms with Crippen LogP contribution in [0.25, 0.3) is 0 Å². The molecule has 0 heterocycles. The van der Waals surface area contributed by atoms with Crippen molar-refractivity contribution in [3.05, 3.63) is 35.9 Å². The van der Waals surface area contributed by atoms with Gasteiger partial charge < -0.3 is 10.0 Å². The molecule has 0 bridgehead atoms. The maximum absolute atomic E-state index is 12.4. The lowest BCUT2D eigenvalue weighted by molar-refractivity contribution is -0.138. The molecule has 122 valence electrons. The quantitative estimate of drug-likeness (QED) is 0.759. The van der Waals surface area contributed by atoms with E-state index in [-0.39, 0.29) is 12.3 Å². The molecule has 0 aliphatic heterocycles. The van der Waals surface area contributed by atoms with Gasteiger partial charge in [-0.25, -0.2) is 0 Å². The first-order valence-electron chi connectivity index (χ1n) is 7.94. The number of nitrogens with zero attached hydrogens (tertiary/aromatic N) is 1. The van der Waals surface area contributed by atoms with Crippen LogP contribution in [0.2, 0.25) is 0 Å². The average Bonchev–Trinajstić information content (AvgIpc) is 2.49. The fourth-order valence-electron chi connectivity index (χ4n) is 2.44. The van der Waals surface area contributed by atoms with E-state index in [1.807, 2.05) is 32.0 Å². The minimum Gasteiger partial charge on any atom is -0.481 e. The zero-order valence-electron chi connectivity index (χ0n) is 13.8. The molecular formula is C18H27NO3. The van der Waals surface area contributed by atoms with Crippen LogP contribution in [0, 0.1) is 5.92 Å². The summed E-state index contributed by atoms with van der Waals surface area (Å²) in [6.07, 6.45) is 1.25. The van der Waals surface area contributed by atoms with Gasteiger partial charge in [0, 0.05) is 19.5 Å². The number of carbonyl (C=O) groups excluding carboxylic acids is 1. The summed E-state index contributed by atoms with van der Waals surface area (Å²) >= 11 is 0. The molecule has 0 radical (unpaired) electrons. The van der Waals surface area contributed by atoms with Crippen LogP contribution >= 0.6 is 0 Å². The second-order valence-corrected chi connectivity index (χ2v) is 6.23. The highest BCUT2D eigenvalue weighted by Gasteiger charge is 2.17. The fourth-order valence-corrected chi connectivity index (χ4v) is 2.44. The molecule has 1 amide bonds. The van der Waals surface area contributed by atoms with Gasteiger partial charge >= 0.3 is 5.97 Å². The highest BCUT2D eigenvalue weighted by Crippen LogP contribution is 2.20. The van der Waals surface area contributed by atoms with E-state index in [4.69, 9.17) is 5.11 Å². The maximum Gasteiger partial charge on any atom is 0.305 e. The van der Waals surface area contributed by atoms with Gasteiger partial charge in [-0.3, -0.25) is 9.59 Å². The molecule has 1 atom stereocenters. The monoisotopic (exact) mass is 305 g/mol. The van der Waals surface area contributed by atoms with Crippen LogP contribution in [0.4, 0.5) is 0 Å². The number of carboxylic acid groups (broad SMARTS) is 1. The van der Waals surface area contributed by atoms with Crippen LogP contribution < -0.4 is 0 Å². The van der Waals surface area contributed by atoms with E-state index in [1.165, 1.54) is 5.56 Å². The van der Waals surface area contributed by atoms with Crippen LogP contribution in [0.15, 0.2) is 30.3 Å². The highest BCUT2D eigenvalue weighted by atomic mass is 16.4.